The highest BCUT2D eigenvalue weighted by molar-refractivity contribution is 5.94. The molecule has 1 aromatic carbocycles. The molecule has 4 rings (SSSR count). The van der Waals surface area contributed by atoms with Crippen molar-refractivity contribution in [3.05, 3.63) is 71.7 Å². The molecule has 2 N–H and O–H groups in total. The second-order valence-corrected chi connectivity index (χ2v) is 8.96. The van der Waals surface area contributed by atoms with Gasteiger partial charge in [0.2, 0.25) is 11.8 Å². The number of hydrogen-bond acceptors (Lipinski definition) is 7. The lowest BCUT2D eigenvalue weighted by molar-refractivity contribution is -0.137. The Bertz CT molecular complexity index is 1240. The first-order valence-corrected chi connectivity index (χ1v) is 11.7. The molecule has 2 atom stereocenters. The lowest BCUT2D eigenvalue weighted by atomic mass is 9.99. The Kier molecular flexibility index (Phi) is 7.61. The van der Waals surface area contributed by atoms with E-state index in [4.69, 9.17) is 10.00 Å². The quantitative estimate of drug-likeness (QED) is 0.475. The predicted molar refractivity (Wildman–Crippen MR) is 133 cm³/mol. The predicted octanol–water partition coefficient (Wildman–Crippen LogP) is 2.37. The molecule has 1 saturated heterocycles. The van der Waals surface area contributed by atoms with Gasteiger partial charge < -0.3 is 20.3 Å². The van der Waals surface area contributed by atoms with Crippen molar-refractivity contribution in [2.45, 2.75) is 31.9 Å². The fraction of sp³-hybridized carbons (Fsp3) is 0.346. The molecule has 0 aliphatic carbocycles. The number of rotatable bonds is 9. The summed E-state index contributed by atoms with van der Waals surface area (Å²) < 4.78 is 7.47. The van der Waals surface area contributed by atoms with Crippen LogP contribution in [0.25, 0.3) is 0 Å². The number of anilines is 1. The standard InChI is InChI=1S/C26H29N7O3/c1-17(20-6-4-19(10-27)5-7-20)11-29-25(21-12-30-32(3)14-21)26(35)31-24-9-8-22(13-28-24)36-23-15-33(16-23)18(2)34/h4-9,12-14,17,23,25,29H,11,15-16H2,1-3H3,(H,28,31,35)/t17?,25-/m0/s1. The summed E-state index contributed by atoms with van der Waals surface area (Å²) in [5.74, 6) is 0.882. The van der Waals surface area contributed by atoms with E-state index in [-0.39, 0.29) is 23.8 Å². The molecule has 2 aromatic heterocycles. The van der Waals surface area contributed by atoms with Gasteiger partial charge in [-0.1, -0.05) is 19.1 Å². The molecule has 1 aliphatic rings. The Hall–Kier alpha value is -4.23. The number of hydrogen-bond donors (Lipinski definition) is 2. The molecule has 0 spiro atoms. The van der Waals surface area contributed by atoms with E-state index < -0.39 is 6.04 Å². The van der Waals surface area contributed by atoms with Gasteiger partial charge in [-0.3, -0.25) is 14.3 Å². The number of nitriles is 1. The molecule has 186 valence electrons. The van der Waals surface area contributed by atoms with Gasteiger partial charge in [0.1, 0.15) is 23.7 Å². The van der Waals surface area contributed by atoms with E-state index in [1.165, 1.54) is 6.92 Å². The van der Waals surface area contributed by atoms with Crippen molar-refractivity contribution in [1.82, 2.24) is 25.0 Å². The van der Waals surface area contributed by atoms with Gasteiger partial charge in [0.25, 0.3) is 0 Å². The van der Waals surface area contributed by atoms with E-state index in [1.807, 2.05) is 12.1 Å². The summed E-state index contributed by atoms with van der Waals surface area (Å²) in [6.07, 6.45) is 4.98. The van der Waals surface area contributed by atoms with Gasteiger partial charge in [0.15, 0.2) is 0 Å². The molecule has 10 nitrogen and oxygen atoms in total. The summed E-state index contributed by atoms with van der Waals surface area (Å²) in [6.45, 7) is 5.26. The maximum Gasteiger partial charge on any atom is 0.247 e. The zero-order chi connectivity index (χ0) is 25.7. The van der Waals surface area contributed by atoms with Crippen LogP contribution in [0.5, 0.6) is 5.75 Å². The molecule has 0 radical (unpaired) electrons. The number of nitrogens with one attached hydrogen (secondary N) is 2. The van der Waals surface area contributed by atoms with Gasteiger partial charge in [0.05, 0.1) is 37.1 Å². The third-order valence-electron chi connectivity index (χ3n) is 6.14. The number of ether oxygens (including phenoxy) is 1. The van der Waals surface area contributed by atoms with E-state index in [1.54, 1.807) is 59.5 Å². The number of carbonyl (C=O) groups is 2. The van der Waals surface area contributed by atoms with Crippen molar-refractivity contribution in [2.75, 3.05) is 25.0 Å². The molecule has 3 heterocycles. The van der Waals surface area contributed by atoms with Crippen molar-refractivity contribution in [3.8, 4) is 11.8 Å². The number of aryl methyl sites for hydroxylation is 1. The molecule has 1 unspecified atom stereocenters. The first-order chi connectivity index (χ1) is 17.3. The topological polar surface area (TPSA) is 125 Å². The third kappa shape index (κ3) is 6.06. The number of benzene rings is 1. The van der Waals surface area contributed by atoms with Crippen LogP contribution in [-0.4, -0.2) is 57.2 Å². The smallest absolute Gasteiger partial charge is 0.247 e. The first kappa shape index (κ1) is 24.9. The Balaban J connectivity index is 1.37. The van der Waals surface area contributed by atoms with Crippen LogP contribution in [0.1, 0.15) is 42.5 Å². The zero-order valence-corrected chi connectivity index (χ0v) is 20.5. The molecule has 10 heteroatoms. The normalized spacial score (nSPS) is 14.9. The average Bonchev–Trinajstić information content (AvgIpc) is 3.27. The highest BCUT2D eigenvalue weighted by Crippen LogP contribution is 2.21. The fourth-order valence-electron chi connectivity index (χ4n) is 3.93. The molecule has 0 saturated carbocycles. The van der Waals surface area contributed by atoms with Crippen LogP contribution in [-0.2, 0) is 16.6 Å². The van der Waals surface area contributed by atoms with Crippen LogP contribution in [0.2, 0.25) is 0 Å². The number of nitrogens with zero attached hydrogens (tertiary/aromatic N) is 5. The number of aromatic nitrogens is 3. The van der Waals surface area contributed by atoms with E-state index in [0.29, 0.717) is 36.8 Å². The van der Waals surface area contributed by atoms with Crippen molar-refractivity contribution in [2.24, 2.45) is 7.05 Å². The van der Waals surface area contributed by atoms with Crippen LogP contribution in [0, 0.1) is 11.3 Å². The molecular weight excluding hydrogens is 458 g/mol. The maximum absolute atomic E-state index is 13.2. The first-order valence-electron chi connectivity index (χ1n) is 11.7. The van der Waals surface area contributed by atoms with Gasteiger partial charge in [-0.2, -0.15) is 10.4 Å². The summed E-state index contributed by atoms with van der Waals surface area (Å²) in [7, 11) is 1.80. The van der Waals surface area contributed by atoms with Crippen molar-refractivity contribution < 1.29 is 14.3 Å². The summed E-state index contributed by atoms with van der Waals surface area (Å²) in [6, 6.07) is 12.4. The van der Waals surface area contributed by atoms with Crippen LogP contribution in [0.3, 0.4) is 0 Å². The SMILES string of the molecule is CC(=O)N1CC(Oc2ccc(NC(=O)[C@@H](NCC(C)c3ccc(C#N)cc3)c3cnn(C)c3)nc2)C1. The second-order valence-electron chi connectivity index (χ2n) is 8.96. The van der Waals surface area contributed by atoms with Gasteiger partial charge in [0, 0.05) is 32.3 Å². The van der Waals surface area contributed by atoms with E-state index in [0.717, 1.165) is 11.1 Å². The summed E-state index contributed by atoms with van der Waals surface area (Å²) in [4.78, 5) is 30.5. The lowest BCUT2D eigenvalue weighted by Crippen LogP contribution is -2.55. The Morgan fingerprint density at radius 3 is 2.50 bits per heavy atom. The second kappa shape index (κ2) is 11.0. The van der Waals surface area contributed by atoms with Gasteiger partial charge in [-0.25, -0.2) is 4.98 Å². The summed E-state index contributed by atoms with van der Waals surface area (Å²) in [5, 5.41) is 19.4. The van der Waals surface area contributed by atoms with Gasteiger partial charge in [-0.05, 0) is 35.7 Å². The van der Waals surface area contributed by atoms with Crippen molar-refractivity contribution >= 4 is 17.6 Å². The van der Waals surface area contributed by atoms with Crippen molar-refractivity contribution in [1.29, 1.82) is 5.26 Å². The number of amides is 2. The molecular formula is C26H29N7O3. The highest BCUT2D eigenvalue weighted by atomic mass is 16.5. The number of likely N-dealkylation sites (tertiary alicyclic amines) is 1. The maximum atomic E-state index is 13.2. The summed E-state index contributed by atoms with van der Waals surface area (Å²) in [5.41, 5.74) is 2.42. The monoisotopic (exact) mass is 487 g/mol. The van der Waals surface area contributed by atoms with Crippen molar-refractivity contribution in [3.63, 3.8) is 0 Å². The highest BCUT2D eigenvalue weighted by Gasteiger charge is 2.30. The van der Waals surface area contributed by atoms with Crippen LogP contribution < -0.4 is 15.4 Å². The molecule has 2 amide bonds. The Morgan fingerprint density at radius 1 is 1.17 bits per heavy atom. The average molecular weight is 488 g/mol. The van der Waals surface area contributed by atoms with Crippen LogP contribution >= 0.6 is 0 Å². The molecule has 0 bridgehead atoms. The van der Waals surface area contributed by atoms with Crippen LogP contribution in [0.15, 0.2) is 55.0 Å². The molecule has 1 fully saturated rings. The number of pyridine rings is 1. The minimum atomic E-state index is -0.634. The third-order valence-corrected chi connectivity index (χ3v) is 6.14. The molecule has 1 aliphatic heterocycles. The number of carbonyl (C=O) groups excluding carboxylic acids is 2. The summed E-state index contributed by atoms with van der Waals surface area (Å²) >= 11 is 0. The minimum Gasteiger partial charge on any atom is -0.485 e. The Labute approximate surface area is 209 Å². The van der Waals surface area contributed by atoms with E-state index in [2.05, 4.69) is 33.7 Å². The van der Waals surface area contributed by atoms with E-state index in [9.17, 15) is 9.59 Å². The largest absolute Gasteiger partial charge is 0.485 e. The van der Waals surface area contributed by atoms with Gasteiger partial charge >= 0.3 is 0 Å². The van der Waals surface area contributed by atoms with Crippen LogP contribution in [0.4, 0.5) is 5.82 Å². The van der Waals surface area contributed by atoms with E-state index >= 15 is 0 Å². The zero-order valence-electron chi connectivity index (χ0n) is 20.5. The minimum absolute atomic E-state index is 0.0362. The lowest BCUT2D eigenvalue weighted by Gasteiger charge is -2.38. The van der Waals surface area contributed by atoms with Gasteiger partial charge in [-0.15, -0.1) is 0 Å². The Morgan fingerprint density at radius 2 is 1.92 bits per heavy atom. The molecule has 36 heavy (non-hydrogen) atoms. The fourth-order valence-corrected chi connectivity index (χ4v) is 3.93. The molecule has 3 aromatic rings.